The summed E-state index contributed by atoms with van der Waals surface area (Å²) in [5, 5.41) is 11.1. The minimum atomic E-state index is -1.13. The Morgan fingerprint density at radius 2 is 1.83 bits per heavy atom. The molecule has 0 saturated carbocycles. The van der Waals surface area contributed by atoms with Crippen molar-refractivity contribution in [3.63, 3.8) is 0 Å². The van der Waals surface area contributed by atoms with Gasteiger partial charge >= 0.3 is 5.97 Å². The number of Topliss-reactive ketones (excluding diaryl/α,β-unsaturated/α-hetero) is 1. The number of nitrogens with zero attached hydrogens (tertiary/aromatic N) is 1. The van der Waals surface area contributed by atoms with Crippen LogP contribution in [0.1, 0.15) is 26.4 Å². The van der Waals surface area contributed by atoms with Crippen LogP contribution in [0.2, 0.25) is 0 Å². The van der Waals surface area contributed by atoms with Crippen LogP contribution in [-0.2, 0) is 22.4 Å². The molecule has 0 unspecified atom stereocenters. The summed E-state index contributed by atoms with van der Waals surface area (Å²) >= 11 is 1.15. The number of carbonyl (C=O) groups excluding carboxylic acids is 2. The van der Waals surface area contributed by atoms with Gasteiger partial charge in [0, 0.05) is 25.1 Å². The van der Waals surface area contributed by atoms with Gasteiger partial charge < -0.3 is 15.2 Å². The van der Waals surface area contributed by atoms with E-state index in [0.717, 1.165) is 22.5 Å². The molecule has 4 rings (SSSR count). The molecule has 35 heavy (non-hydrogen) atoms. The number of hydrogen-bond acceptors (Lipinski definition) is 6. The zero-order valence-corrected chi connectivity index (χ0v) is 19.5. The first-order valence-corrected chi connectivity index (χ1v) is 11.5. The number of carboxylic acid groups (broad SMARTS) is 1. The lowest BCUT2D eigenvalue weighted by Gasteiger charge is -2.08. The highest BCUT2D eigenvalue weighted by Crippen LogP contribution is 2.35. The Morgan fingerprint density at radius 3 is 2.57 bits per heavy atom. The fourth-order valence-electron chi connectivity index (χ4n) is 3.49. The van der Waals surface area contributed by atoms with E-state index in [-0.39, 0.29) is 24.4 Å². The van der Waals surface area contributed by atoms with Gasteiger partial charge in [0.15, 0.2) is 0 Å². The molecule has 0 atom stereocenters. The number of benzene rings is 2. The number of ether oxygens (including phenoxy) is 1. The van der Waals surface area contributed by atoms with Gasteiger partial charge in [-0.2, -0.15) is 0 Å². The lowest BCUT2D eigenvalue weighted by Crippen LogP contribution is -2.28. The minimum Gasteiger partial charge on any atom is -0.480 e. The molecular formula is C26H21FN2O5S. The monoisotopic (exact) mass is 492 g/mol. The second-order valence-electron chi connectivity index (χ2n) is 7.94. The van der Waals surface area contributed by atoms with Gasteiger partial charge in [-0.05, 0) is 42.3 Å². The summed E-state index contributed by atoms with van der Waals surface area (Å²) < 4.78 is 20.6. The molecule has 1 amide bonds. The number of rotatable bonds is 9. The molecule has 0 radical (unpaired) electrons. The van der Waals surface area contributed by atoms with Crippen LogP contribution in [0.15, 0.2) is 60.8 Å². The average Bonchev–Trinajstić information content (AvgIpc) is 3.27. The average molecular weight is 493 g/mol. The largest absolute Gasteiger partial charge is 0.480 e. The Morgan fingerprint density at radius 1 is 1.06 bits per heavy atom. The first kappa shape index (κ1) is 24.0. The van der Waals surface area contributed by atoms with E-state index < -0.39 is 18.4 Å². The Balaban J connectivity index is 1.43. The zero-order chi connectivity index (χ0) is 24.9. The summed E-state index contributed by atoms with van der Waals surface area (Å²) in [5.74, 6) is -1.08. The molecule has 0 bridgehead atoms. The summed E-state index contributed by atoms with van der Waals surface area (Å²) in [7, 11) is 0. The second-order valence-corrected chi connectivity index (χ2v) is 9.00. The number of fused-ring (bicyclic) bond motifs is 1. The van der Waals surface area contributed by atoms with Gasteiger partial charge in [0.25, 0.3) is 5.91 Å². The topological polar surface area (TPSA) is 106 Å². The van der Waals surface area contributed by atoms with Crippen molar-refractivity contribution in [2.45, 2.75) is 19.8 Å². The fourth-order valence-corrected chi connectivity index (χ4v) is 4.48. The molecule has 0 spiro atoms. The zero-order valence-electron chi connectivity index (χ0n) is 18.7. The number of ketones is 1. The van der Waals surface area contributed by atoms with E-state index in [4.69, 9.17) is 9.84 Å². The van der Waals surface area contributed by atoms with Crippen LogP contribution in [0.3, 0.4) is 0 Å². The van der Waals surface area contributed by atoms with Crippen molar-refractivity contribution in [3.05, 3.63) is 88.2 Å². The van der Waals surface area contributed by atoms with Gasteiger partial charge in [-0.15, -0.1) is 11.3 Å². The maximum atomic E-state index is 13.9. The highest BCUT2D eigenvalue weighted by molar-refractivity contribution is 7.21. The molecule has 2 aromatic heterocycles. The van der Waals surface area contributed by atoms with Crippen LogP contribution in [0.25, 0.3) is 10.2 Å². The van der Waals surface area contributed by atoms with E-state index in [1.165, 1.54) is 6.07 Å². The predicted octanol–water partition coefficient (Wildman–Crippen LogP) is 4.70. The molecule has 0 saturated heterocycles. The summed E-state index contributed by atoms with van der Waals surface area (Å²) in [6, 6.07) is 15.0. The number of halogens is 1. The Labute approximate surface area is 204 Å². The smallest absolute Gasteiger partial charge is 0.322 e. The van der Waals surface area contributed by atoms with Gasteiger partial charge in [0.1, 0.15) is 29.6 Å². The quantitative estimate of drug-likeness (QED) is 0.351. The van der Waals surface area contributed by atoms with Crippen LogP contribution in [0.5, 0.6) is 11.5 Å². The van der Waals surface area contributed by atoms with Gasteiger partial charge in [0.05, 0.1) is 15.1 Å². The van der Waals surface area contributed by atoms with Crippen molar-refractivity contribution in [2.24, 2.45) is 0 Å². The number of hydrogen-bond donors (Lipinski definition) is 2. The number of aryl methyl sites for hydroxylation is 1. The maximum absolute atomic E-state index is 13.9. The number of nitrogens with one attached hydrogen (secondary N) is 1. The summed E-state index contributed by atoms with van der Waals surface area (Å²) in [4.78, 5) is 39.9. The van der Waals surface area contributed by atoms with E-state index in [0.29, 0.717) is 32.2 Å². The molecule has 178 valence electrons. The van der Waals surface area contributed by atoms with Crippen molar-refractivity contribution < 1.29 is 28.6 Å². The van der Waals surface area contributed by atoms with Crippen LogP contribution in [0.4, 0.5) is 4.39 Å². The minimum absolute atomic E-state index is 0.0293. The Bertz CT molecular complexity index is 1420. The molecule has 0 fully saturated rings. The van der Waals surface area contributed by atoms with Gasteiger partial charge in [-0.3, -0.25) is 19.4 Å². The molecule has 2 aromatic carbocycles. The normalized spacial score (nSPS) is 10.8. The highest BCUT2D eigenvalue weighted by Gasteiger charge is 2.15. The Kier molecular flexibility index (Phi) is 7.17. The molecule has 7 nitrogen and oxygen atoms in total. The number of amides is 1. The Hall–Kier alpha value is -4.11. The van der Waals surface area contributed by atoms with Crippen LogP contribution in [0, 0.1) is 12.7 Å². The van der Waals surface area contributed by atoms with E-state index in [1.54, 1.807) is 54.7 Å². The van der Waals surface area contributed by atoms with Gasteiger partial charge in [0.2, 0.25) is 0 Å². The van der Waals surface area contributed by atoms with E-state index in [9.17, 15) is 18.8 Å². The lowest BCUT2D eigenvalue weighted by atomic mass is 10.0. The first-order valence-electron chi connectivity index (χ1n) is 10.7. The van der Waals surface area contributed by atoms with Crippen molar-refractivity contribution >= 4 is 39.2 Å². The van der Waals surface area contributed by atoms with Crippen LogP contribution >= 0.6 is 11.3 Å². The molecule has 2 N–H and O–H groups in total. The third-order valence-electron chi connectivity index (χ3n) is 5.14. The van der Waals surface area contributed by atoms with Crippen molar-refractivity contribution in [2.75, 3.05) is 6.54 Å². The first-order chi connectivity index (χ1) is 16.8. The second kappa shape index (κ2) is 10.4. The molecule has 2 heterocycles. The molecule has 9 heteroatoms. The number of aliphatic carboxylic acids is 1. The molecule has 0 aliphatic carbocycles. The molecule has 0 aliphatic rings. The molecular weight excluding hydrogens is 471 g/mol. The third-order valence-corrected chi connectivity index (χ3v) is 6.28. The number of pyridine rings is 1. The summed E-state index contributed by atoms with van der Waals surface area (Å²) in [6.07, 6.45) is 1.76. The van der Waals surface area contributed by atoms with E-state index in [1.807, 2.05) is 6.92 Å². The van der Waals surface area contributed by atoms with Gasteiger partial charge in [-0.1, -0.05) is 29.8 Å². The highest BCUT2D eigenvalue weighted by atomic mass is 32.1. The number of thiophene rings is 1. The van der Waals surface area contributed by atoms with E-state index in [2.05, 4.69) is 10.3 Å². The van der Waals surface area contributed by atoms with Crippen LogP contribution in [-0.4, -0.2) is 34.3 Å². The van der Waals surface area contributed by atoms with E-state index >= 15 is 0 Å². The predicted molar refractivity (Wildman–Crippen MR) is 130 cm³/mol. The number of carbonyl (C=O) groups is 3. The summed E-state index contributed by atoms with van der Waals surface area (Å²) in [5.41, 5.74) is 2.63. The van der Waals surface area contributed by atoms with Crippen molar-refractivity contribution in [1.29, 1.82) is 0 Å². The maximum Gasteiger partial charge on any atom is 0.322 e. The van der Waals surface area contributed by atoms with Gasteiger partial charge in [-0.25, -0.2) is 4.39 Å². The fraction of sp³-hybridized carbons (Fsp3) is 0.154. The lowest BCUT2D eigenvalue weighted by molar-refractivity contribution is -0.135. The summed E-state index contributed by atoms with van der Waals surface area (Å²) in [6.45, 7) is 1.38. The number of carboxylic acids is 1. The SMILES string of the molecule is Cc1ccc(F)c(CC(=O)Cc2ccc(Oc3ccnc4cc(C(=O)NCC(=O)O)sc34)cc2)c1. The molecule has 0 aliphatic heterocycles. The number of aromatic nitrogens is 1. The van der Waals surface area contributed by atoms with Crippen molar-refractivity contribution in [3.8, 4) is 11.5 Å². The standard InChI is InChI=1S/C26H21FN2O5S/c1-15-2-7-20(27)17(10-15)12-18(30)11-16-3-5-19(6-4-16)34-22-8-9-28-21-13-23(35-25(21)22)26(33)29-14-24(31)32/h2-10,13H,11-12,14H2,1H3,(H,29,33)(H,31,32). The molecule has 4 aromatic rings. The third kappa shape index (κ3) is 6.07. The van der Waals surface area contributed by atoms with Crippen molar-refractivity contribution in [1.82, 2.24) is 10.3 Å². The van der Waals surface area contributed by atoms with Crippen LogP contribution < -0.4 is 10.1 Å².